The molecule has 0 spiro atoms. The van der Waals surface area contributed by atoms with Crippen molar-refractivity contribution in [1.29, 1.82) is 0 Å². The largest absolute Gasteiger partial charge is 0.497 e. The van der Waals surface area contributed by atoms with Gasteiger partial charge in [-0.2, -0.15) is 5.10 Å². The van der Waals surface area contributed by atoms with Crippen molar-refractivity contribution in [2.24, 2.45) is 5.10 Å². The van der Waals surface area contributed by atoms with E-state index >= 15 is 0 Å². The summed E-state index contributed by atoms with van der Waals surface area (Å²) in [5, 5.41) is 6.91. The number of furan rings is 1. The average Bonchev–Trinajstić information content (AvgIpc) is 3.37. The first-order valence-electron chi connectivity index (χ1n) is 8.63. The SMILES string of the molecule is COc1ccc(C2=NN3[C@H](C2)c2ccccc2O[C@H]3c2ccco2)cc1. The zero-order valence-electron chi connectivity index (χ0n) is 14.3. The first-order chi connectivity index (χ1) is 12.8. The van der Waals surface area contributed by atoms with Crippen LogP contribution in [0.4, 0.5) is 0 Å². The molecule has 0 fully saturated rings. The molecule has 0 radical (unpaired) electrons. The lowest BCUT2D eigenvalue weighted by Crippen LogP contribution is -2.33. The summed E-state index contributed by atoms with van der Waals surface area (Å²) in [6, 6.07) is 20.1. The van der Waals surface area contributed by atoms with Crippen molar-refractivity contribution < 1.29 is 13.9 Å². The number of para-hydroxylation sites is 1. The number of methoxy groups -OCH3 is 1. The fourth-order valence-electron chi connectivity index (χ4n) is 3.61. The molecule has 0 saturated carbocycles. The molecule has 2 aliphatic rings. The van der Waals surface area contributed by atoms with Crippen molar-refractivity contribution in [2.45, 2.75) is 18.7 Å². The molecule has 5 nitrogen and oxygen atoms in total. The zero-order valence-corrected chi connectivity index (χ0v) is 14.3. The standard InChI is InChI=1S/C21H18N2O3/c1-24-15-10-8-14(9-11-15)17-13-18-16-5-2-3-6-19(16)26-21(23(18)22-17)20-7-4-12-25-20/h2-12,18,21H,13H2,1H3/t18-,21+/m1/s1. The van der Waals surface area contributed by atoms with Crippen molar-refractivity contribution in [1.82, 2.24) is 5.01 Å². The van der Waals surface area contributed by atoms with Gasteiger partial charge in [0.25, 0.3) is 0 Å². The predicted molar refractivity (Wildman–Crippen MR) is 97.2 cm³/mol. The van der Waals surface area contributed by atoms with Crippen molar-refractivity contribution in [2.75, 3.05) is 7.11 Å². The Labute approximate surface area is 151 Å². The van der Waals surface area contributed by atoms with E-state index in [1.807, 2.05) is 59.6 Å². The lowest BCUT2D eigenvalue weighted by molar-refractivity contribution is -0.0325. The molecule has 0 amide bonds. The zero-order chi connectivity index (χ0) is 17.5. The van der Waals surface area contributed by atoms with Crippen LogP contribution in [0.15, 0.2) is 76.4 Å². The van der Waals surface area contributed by atoms with Crippen LogP contribution < -0.4 is 9.47 Å². The number of fused-ring (bicyclic) bond motifs is 3. The number of hydrazone groups is 1. The second-order valence-corrected chi connectivity index (χ2v) is 6.40. The molecule has 0 unspecified atom stereocenters. The molecular weight excluding hydrogens is 328 g/mol. The highest BCUT2D eigenvalue weighted by molar-refractivity contribution is 6.02. The van der Waals surface area contributed by atoms with Crippen LogP contribution in [0.1, 0.15) is 35.6 Å². The van der Waals surface area contributed by atoms with Crippen molar-refractivity contribution in [3.8, 4) is 11.5 Å². The highest BCUT2D eigenvalue weighted by atomic mass is 16.5. The van der Waals surface area contributed by atoms with Gasteiger partial charge in [-0.15, -0.1) is 0 Å². The van der Waals surface area contributed by atoms with Gasteiger partial charge < -0.3 is 13.9 Å². The Balaban J connectivity index is 1.56. The molecule has 0 saturated heterocycles. The van der Waals surface area contributed by atoms with Gasteiger partial charge in [-0.25, -0.2) is 5.01 Å². The van der Waals surface area contributed by atoms with E-state index in [9.17, 15) is 0 Å². The van der Waals surface area contributed by atoms with Crippen LogP contribution >= 0.6 is 0 Å². The number of benzene rings is 2. The third kappa shape index (κ3) is 2.36. The van der Waals surface area contributed by atoms with Crippen molar-refractivity contribution in [3.05, 3.63) is 83.8 Å². The molecule has 2 aliphatic heterocycles. The number of ether oxygens (including phenoxy) is 2. The van der Waals surface area contributed by atoms with Crippen LogP contribution in [0.3, 0.4) is 0 Å². The summed E-state index contributed by atoms with van der Waals surface area (Å²) in [6.45, 7) is 0. The Morgan fingerprint density at radius 1 is 1.04 bits per heavy atom. The van der Waals surface area contributed by atoms with E-state index < -0.39 is 0 Å². The molecule has 5 rings (SSSR count). The van der Waals surface area contributed by atoms with Gasteiger partial charge in [0.15, 0.2) is 5.76 Å². The summed E-state index contributed by atoms with van der Waals surface area (Å²) < 4.78 is 17.1. The molecular formula is C21H18N2O3. The van der Waals surface area contributed by atoms with E-state index in [-0.39, 0.29) is 12.3 Å². The summed E-state index contributed by atoms with van der Waals surface area (Å²) in [4.78, 5) is 0. The molecule has 130 valence electrons. The van der Waals surface area contributed by atoms with Gasteiger partial charge in [0.2, 0.25) is 6.23 Å². The summed E-state index contributed by atoms with van der Waals surface area (Å²) in [5.74, 6) is 2.48. The summed E-state index contributed by atoms with van der Waals surface area (Å²) in [7, 11) is 1.67. The molecule has 0 aliphatic carbocycles. The Kier molecular flexibility index (Phi) is 3.45. The van der Waals surface area contributed by atoms with E-state index in [2.05, 4.69) is 6.07 Å². The third-order valence-corrected chi connectivity index (χ3v) is 4.91. The first-order valence-corrected chi connectivity index (χ1v) is 8.63. The Hall–Kier alpha value is -3.21. The summed E-state index contributed by atoms with van der Waals surface area (Å²) in [6.07, 6.45) is 2.13. The van der Waals surface area contributed by atoms with Crippen molar-refractivity contribution >= 4 is 5.71 Å². The average molecular weight is 346 g/mol. The lowest BCUT2D eigenvalue weighted by atomic mass is 9.96. The van der Waals surface area contributed by atoms with Gasteiger partial charge in [0.05, 0.1) is 25.1 Å². The minimum atomic E-state index is -0.361. The normalized spacial score (nSPS) is 20.8. The van der Waals surface area contributed by atoms with Crippen LogP contribution in [-0.2, 0) is 0 Å². The van der Waals surface area contributed by atoms with Gasteiger partial charge in [-0.1, -0.05) is 18.2 Å². The van der Waals surface area contributed by atoms with E-state index in [0.29, 0.717) is 0 Å². The Morgan fingerprint density at radius 3 is 2.65 bits per heavy atom. The highest BCUT2D eigenvalue weighted by Gasteiger charge is 2.41. The number of hydrogen-bond donors (Lipinski definition) is 0. The van der Waals surface area contributed by atoms with Gasteiger partial charge in [0.1, 0.15) is 11.5 Å². The van der Waals surface area contributed by atoms with Gasteiger partial charge in [-0.05, 0) is 48.0 Å². The summed E-state index contributed by atoms with van der Waals surface area (Å²) in [5.41, 5.74) is 3.29. The maximum absolute atomic E-state index is 6.22. The maximum Gasteiger partial charge on any atom is 0.246 e. The Morgan fingerprint density at radius 2 is 1.88 bits per heavy atom. The highest BCUT2D eigenvalue weighted by Crippen LogP contribution is 2.47. The molecule has 0 N–H and O–H groups in total. The number of nitrogens with zero attached hydrogens (tertiary/aromatic N) is 2. The minimum Gasteiger partial charge on any atom is -0.497 e. The molecule has 0 bridgehead atoms. The maximum atomic E-state index is 6.22. The van der Waals surface area contributed by atoms with E-state index in [0.717, 1.165) is 40.5 Å². The predicted octanol–water partition coefficient (Wildman–Crippen LogP) is 4.53. The van der Waals surface area contributed by atoms with Gasteiger partial charge in [-0.3, -0.25) is 0 Å². The smallest absolute Gasteiger partial charge is 0.246 e. The number of hydrogen-bond acceptors (Lipinski definition) is 5. The van der Waals surface area contributed by atoms with Crippen LogP contribution in [0.5, 0.6) is 11.5 Å². The molecule has 1 aromatic heterocycles. The molecule has 3 aromatic rings. The monoisotopic (exact) mass is 346 g/mol. The first kappa shape index (κ1) is 15.1. The molecule has 3 heterocycles. The molecule has 5 heteroatoms. The van der Waals surface area contributed by atoms with Crippen LogP contribution in [-0.4, -0.2) is 17.8 Å². The molecule has 26 heavy (non-hydrogen) atoms. The second kappa shape index (κ2) is 5.95. The quantitative estimate of drug-likeness (QED) is 0.699. The van der Waals surface area contributed by atoms with E-state index in [1.165, 1.54) is 0 Å². The van der Waals surface area contributed by atoms with E-state index in [4.69, 9.17) is 19.0 Å². The van der Waals surface area contributed by atoms with Crippen molar-refractivity contribution in [3.63, 3.8) is 0 Å². The fourth-order valence-corrected chi connectivity index (χ4v) is 3.61. The Bertz CT molecular complexity index is 948. The molecule has 2 atom stereocenters. The van der Waals surface area contributed by atoms with Crippen LogP contribution in [0.25, 0.3) is 0 Å². The van der Waals surface area contributed by atoms with Gasteiger partial charge >= 0.3 is 0 Å². The summed E-state index contributed by atoms with van der Waals surface area (Å²) >= 11 is 0. The number of rotatable bonds is 3. The van der Waals surface area contributed by atoms with E-state index in [1.54, 1.807) is 13.4 Å². The van der Waals surface area contributed by atoms with Crippen LogP contribution in [0, 0.1) is 0 Å². The lowest BCUT2D eigenvalue weighted by Gasteiger charge is -2.36. The second-order valence-electron chi connectivity index (χ2n) is 6.40. The van der Waals surface area contributed by atoms with Crippen LogP contribution in [0.2, 0.25) is 0 Å². The third-order valence-electron chi connectivity index (χ3n) is 4.91. The molecule has 2 aromatic carbocycles. The fraction of sp³-hybridized carbons (Fsp3) is 0.190. The van der Waals surface area contributed by atoms with Gasteiger partial charge in [0, 0.05) is 12.0 Å². The minimum absolute atomic E-state index is 0.132. The topological polar surface area (TPSA) is 47.2 Å².